The van der Waals surface area contributed by atoms with Crippen molar-refractivity contribution in [3.63, 3.8) is 0 Å². The minimum absolute atomic E-state index is 0.0208. The average Bonchev–Trinajstić information content (AvgIpc) is 2.97. The van der Waals surface area contributed by atoms with Gasteiger partial charge in [-0.25, -0.2) is 4.79 Å². The van der Waals surface area contributed by atoms with Gasteiger partial charge < -0.3 is 14.3 Å². The van der Waals surface area contributed by atoms with Gasteiger partial charge >= 0.3 is 12.1 Å². The van der Waals surface area contributed by atoms with Crippen molar-refractivity contribution in [3.8, 4) is 11.3 Å². The molecule has 0 atom stereocenters. The number of hydrogen-bond donors (Lipinski definition) is 1. The lowest BCUT2D eigenvalue weighted by Gasteiger charge is -2.10. The molecule has 4 nitrogen and oxygen atoms in total. The summed E-state index contributed by atoms with van der Waals surface area (Å²) in [5, 5.41) is 8.78. The molecule has 0 amide bonds. The summed E-state index contributed by atoms with van der Waals surface area (Å²) in [4.78, 5) is 9.59. The van der Waals surface area contributed by atoms with Crippen molar-refractivity contribution in [2.75, 3.05) is 7.11 Å². The Morgan fingerprint density at radius 1 is 1.21 bits per heavy atom. The van der Waals surface area contributed by atoms with Crippen LogP contribution in [0.4, 0.5) is 13.2 Å². The van der Waals surface area contributed by atoms with Crippen LogP contribution in [0.15, 0.2) is 63.7 Å². The van der Waals surface area contributed by atoms with Crippen molar-refractivity contribution in [2.45, 2.75) is 13.1 Å². The van der Waals surface area contributed by atoms with Gasteiger partial charge in [-0.05, 0) is 25.1 Å². The summed E-state index contributed by atoms with van der Waals surface area (Å²) in [6.07, 6.45) is -2.39. The Labute approximate surface area is 167 Å². The van der Waals surface area contributed by atoms with Crippen LogP contribution in [0.5, 0.6) is 0 Å². The number of ether oxygens (including phenoxy) is 1. The molecule has 28 heavy (non-hydrogen) atoms. The first-order chi connectivity index (χ1) is 13.1. The average molecular weight is 457 g/mol. The van der Waals surface area contributed by atoms with Gasteiger partial charge in [0.1, 0.15) is 11.3 Å². The molecule has 3 aromatic rings. The summed E-state index contributed by atoms with van der Waals surface area (Å²) in [7, 11) is 1.39. The number of fused-ring (bicyclic) bond motifs is 1. The van der Waals surface area contributed by atoms with E-state index in [1.165, 1.54) is 13.2 Å². The highest BCUT2D eigenvalue weighted by atomic mass is 79.9. The molecule has 0 spiro atoms. The second-order valence-corrected chi connectivity index (χ2v) is 6.48. The first-order valence-corrected chi connectivity index (χ1v) is 8.72. The normalized spacial score (nSPS) is 11.4. The molecular formula is C20H16BrF3O4. The Bertz CT molecular complexity index is 1010. The Kier molecular flexibility index (Phi) is 6.90. The van der Waals surface area contributed by atoms with E-state index >= 15 is 0 Å². The summed E-state index contributed by atoms with van der Waals surface area (Å²) >= 11 is 2.94. The number of benzene rings is 2. The predicted octanol–water partition coefficient (Wildman–Crippen LogP) is 6.42. The van der Waals surface area contributed by atoms with E-state index in [9.17, 15) is 18.0 Å². The summed E-state index contributed by atoms with van der Waals surface area (Å²) < 4.78 is 49.0. The minimum Gasteiger partial charge on any atom is -0.504 e. The van der Waals surface area contributed by atoms with Gasteiger partial charge in [0.2, 0.25) is 0 Å². The summed E-state index contributed by atoms with van der Waals surface area (Å²) in [5.41, 5.74) is 1.21. The Balaban J connectivity index is 0.000000345. The molecule has 0 saturated heterocycles. The number of aryl methyl sites for hydroxylation is 1. The number of rotatable bonds is 3. The maximum absolute atomic E-state index is 13.0. The van der Waals surface area contributed by atoms with Crippen LogP contribution in [0.25, 0.3) is 22.3 Å². The summed E-state index contributed by atoms with van der Waals surface area (Å²) in [6, 6.07) is 11.5. The van der Waals surface area contributed by atoms with Crippen molar-refractivity contribution >= 4 is 32.9 Å². The zero-order valence-electron chi connectivity index (χ0n) is 14.9. The number of halogens is 4. The molecule has 148 valence electrons. The Hall–Kier alpha value is -2.74. The predicted molar refractivity (Wildman–Crippen MR) is 103 cm³/mol. The molecule has 8 heteroatoms. The quantitative estimate of drug-likeness (QED) is 0.364. The number of para-hydroxylation sites is 1. The largest absolute Gasteiger partial charge is 0.504 e. The van der Waals surface area contributed by atoms with Gasteiger partial charge in [-0.15, -0.1) is 0 Å². The molecule has 0 aliphatic heterocycles. The molecule has 2 aromatic carbocycles. The number of carboxylic acids is 1. The van der Waals surface area contributed by atoms with E-state index in [4.69, 9.17) is 9.52 Å². The van der Waals surface area contributed by atoms with Gasteiger partial charge in [-0.3, -0.25) is 0 Å². The van der Waals surface area contributed by atoms with Crippen LogP contribution in [0, 0.1) is 6.92 Å². The number of furan rings is 1. The van der Waals surface area contributed by atoms with Crippen LogP contribution in [0.2, 0.25) is 0 Å². The van der Waals surface area contributed by atoms with Gasteiger partial charge in [0.05, 0.1) is 25.0 Å². The highest BCUT2D eigenvalue weighted by molar-refractivity contribution is 9.10. The molecule has 1 N–H and O–H groups in total. The maximum atomic E-state index is 13.0. The number of alkyl halides is 3. The second kappa shape index (κ2) is 8.97. The zero-order valence-corrected chi connectivity index (χ0v) is 16.5. The fourth-order valence-electron chi connectivity index (χ4n) is 2.46. The highest BCUT2D eigenvalue weighted by Gasteiger charge is 2.33. The van der Waals surface area contributed by atoms with Crippen molar-refractivity contribution in [1.82, 2.24) is 0 Å². The van der Waals surface area contributed by atoms with Crippen LogP contribution in [0.3, 0.4) is 0 Å². The van der Waals surface area contributed by atoms with Crippen molar-refractivity contribution in [3.05, 3.63) is 70.4 Å². The van der Waals surface area contributed by atoms with E-state index in [0.29, 0.717) is 16.9 Å². The summed E-state index contributed by atoms with van der Waals surface area (Å²) in [5.74, 6) is -0.531. The highest BCUT2D eigenvalue weighted by Crippen LogP contribution is 2.39. The first kappa shape index (κ1) is 21.6. The third-order valence-electron chi connectivity index (χ3n) is 3.72. The van der Waals surface area contributed by atoms with E-state index in [1.807, 2.05) is 25.1 Å². The van der Waals surface area contributed by atoms with Crippen LogP contribution < -0.4 is 0 Å². The minimum atomic E-state index is -4.41. The molecule has 1 aromatic heterocycles. The molecule has 0 unspecified atom stereocenters. The zero-order chi connectivity index (χ0) is 20.9. The third kappa shape index (κ3) is 5.16. The second-order valence-electron chi connectivity index (χ2n) is 5.62. The standard InChI is InChI=1S/C16H10BrF3O.C4H6O3/c1-9-11-4-2-3-5-14(11)21-15(9)10-6-7-13(17)12(8-10)16(18,19)20;1-7-3-2-4(5)6/h2-8H,1H3;2-3H,1H3,(H,5,6)/b;3-2+. The van der Waals surface area contributed by atoms with Gasteiger partial charge in [-0.2, -0.15) is 13.2 Å². The SMILES string of the molecule is CO/C=C/C(=O)O.Cc1c(-c2ccc(Br)c(C(F)(F)F)c2)oc2ccccc12. The molecule has 0 radical (unpaired) electrons. The van der Waals surface area contributed by atoms with E-state index in [0.717, 1.165) is 29.4 Å². The lowest BCUT2D eigenvalue weighted by molar-refractivity contribution is -0.138. The van der Waals surface area contributed by atoms with Crippen molar-refractivity contribution < 1.29 is 32.2 Å². The Morgan fingerprint density at radius 3 is 2.43 bits per heavy atom. The van der Waals surface area contributed by atoms with Gasteiger partial charge in [0.15, 0.2) is 0 Å². The van der Waals surface area contributed by atoms with E-state index in [-0.39, 0.29) is 4.47 Å². The fraction of sp³-hybridized carbons (Fsp3) is 0.150. The lowest BCUT2D eigenvalue weighted by Crippen LogP contribution is -2.06. The molecule has 0 fully saturated rings. The van der Waals surface area contributed by atoms with Gasteiger partial charge in [-0.1, -0.05) is 40.2 Å². The van der Waals surface area contributed by atoms with Crippen LogP contribution in [-0.2, 0) is 15.7 Å². The molecule has 0 bridgehead atoms. The molecule has 0 aliphatic carbocycles. The fourth-order valence-corrected chi connectivity index (χ4v) is 2.93. The van der Waals surface area contributed by atoms with E-state index in [1.54, 1.807) is 12.1 Å². The summed E-state index contributed by atoms with van der Waals surface area (Å²) in [6.45, 7) is 1.84. The molecule has 0 aliphatic rings. The molecule has 1 heterocycles. The Morgan fingerprint density at radius 2 is 1.89 bits per heavy atom. The number of aliphatic carboxylic acids is 1. The topological polar surface area (TPSA) is 59.7 Å². The van der Waals surface area contributed by atoms with Crippen molar-refractivity contribution in [1.29, 1.82) is 0 Å². The molecule has 3 rings (SSSR count). The molecular weight excluding hydrogens is 441 g/mol. The number of methoxy groups -OCH3 is 1. The van der Waals surface area contributed by atoms with Gasteiger partial charge in [0, 0.05) is 21.0 Å². The first-order valence-electron chi connectivity index (χ1n) is 7.92. The molecule has 0 saturated carbocycles. The van der Waals surface area contributed by atoms with E-state index in [2.05, 4.69) is 20.7 Å². The number of carbonyl (C=O) groups is 1. The van der Waals surface area contributed by atoms with Crippen LogP contribution in [0.1, 0.15) is 11.1 Å². The smallest absolute Gasteiger partial charge is 0.417 e. The number of hydrogen-bond acceptors (Lipinski definition) is 3. The monoisotopic (exact) mass is 456 g/mol. The van der Waals surface area contributed by atoms with Crippen molar-refractivity contribution in [2.24, 2.45) is 0 Å². The van der Waals surface area contributed by atoms with Crippen LogP contribution in [-0.4, -0.2) is 18.2 Å². The maximum Gasteiger partial charge on any atom is 0.417 e. The van der Waals surface area contributed by atoms with E-state index < -0.39 is 17.7 Å². The van der Waals surface area contributed by atoms with Crippen LogP contribution >= 0.6 is 15.9 Å². The number of carboxylic acid groups (broad SMARTS) is 1. The third-order valence-corrected chi connectivity index (χ3v) is 4.42. The van der Waals surface area contributed by atoms with Gasteiger partial charge in [0.25, 0.3) is 0 Å². The lowest BCUT2D eigenvalue weighted by atomic mass is 10.0.